The van der Waals surface area contributed by atoms with Crippen LogP contribution >= 0.6 is 0 Å². The Hall–Kier alpha value is -1.32. The zero-order valence-electron chi connectivity index (χ0n) is 14.7. The van der Waals surface area contributed by atoms with Gasteiger partial charge in [-0.2, -0.15) is 0 Å². The summed E-state index contributed by atoms with van der Waals surface area (Å²) in [6.07, 6.45) is 9.14. The highest BCUT2D eigenvalue weighted by Gasteiger charge is 2.63. The molecule has 3 fully saturated rings. The van der Waals surface area contributed by atoms with Crippen molar-refractivity contribution >= 4 is 5.78 Å². The zero-order valence-corrected chi connectivity index (χ0v) is 14.7. The van der Waals surface area contributed by atoms with Gasteiger partial charge in [0.2, 0.25) is 0 Å². The van der Waals surface area contributed by atoms with Crippen molar-refractivity contribution in [3.8, 4) is 0 Å². The summed E-state index contributed by atoms with van der Waals surface area (Å²) in [7, 11) is 0. The number of nitrogens with zero attached hydrogens (tertiary/aromatic N) is 3. The molecule has 0 bridgehead atoms. The van der Waals surface area contributed by atoms with Crippen molar-refractivity contribution in [3.63, 3.8) is 0 Å². The van der Waals surface area contributed by atoms with E-state index in [1.165, 1.54) is 5.57 Å². The van der Waals surface area contributed by atoms with E-state index in [0.29, 0.717) is 42.8 Å². The molecule has 0 aromatic carbocycles. The number of allylic oxidation sites excluding steroid dienone is 2. The molecule has 3 saturated carbocycles. The van der Waals surface area contributed by atoms with Crippen molar-refractivity contribution in [2.45, 2.75) is 70.9 Å². The monoisotopic (exact) mass is 329 g/mol. The molecular weight excluding hydrogens is 302 g/mol. The van der Waals surface area contributed by atoms with Crippen molar-refractivity contribution in [3.05, 3.63) is 22.1 Å². The third-order valence-electron chi connectivity index (χ3n) is 8.25. The SMILES string of the molecule is CC12CC[C@@H]3[C@@H](CC=C4CC(=O)CC[C@@]43C)[C@H]1CCC2(O)N=[N+]=[N-]. The van der Waals surface area contributed by atoms with E-state index in [-0.39, 0.29) is 10.8 Å². The Bertz CT molecular complexity index is 668. The highest BCUT2D eigenvalue weighted by atomic mass is 16.3. The number of carbonyl (C=O) groups is 1. The van der Waals surface area contributed by atoms with Gasteiger partial charge in [0.05, 0.1) is 0 Å². The molecule has 0 saturated heterocycles. The predicted molar refractivity (Wildman–Crippen MR) is 90.8 cm³/mol. The number of hydrogen-bond donors (Lipinski definition) is 1. The van der Waals surface area contributed by atoms with Gasteiger partial charge < -0.3 is 5.11 Å². The molecule has 0 amide bonds. The first kappa shape index (κ1) is 16.2. The average molecular weight is 329 g/mol. The first-order chi connectivity index (χ1) is 11.3. The molecule has 5 nitrogen and oxygen atoms in total. The fourth-order valence-corrected chi connectivity index (χ4v) is 6.71. The van der Waals surface area contributed by atoms with Crippen LogP contribution in [-0.4, -0.2) is 16.6 Å². The van der Waals surface area contributed by atoms with Crippen molar-refractivity contribution < 1.29 is 9.90 Å². The zero-order chi connectivity index (χ0) is 17.2. The quantitative estimate of drug-likeness (QED) is 0.332. The van der Waals surface area contributed by atoms with Crippen LogP contribution in [0.1, 0.15) is 65.2 Å². The minimum Gasteiger partial charge on any atom is -0.383 e. The van der Waals surface area contributed by atoms with Gasteiger partial charge in [0, 0.05) is 23.2 Å². The van der Waals surface area contributed by atoms with Gasteiger partial charge in [-0.1, -0.05) is 30.6 Å². The van der Waals surface area contributed by atoms with Crippen molar-refractivity contribution in [2.24, 2.45) is 33.7 Å². The maximum Gasteiger partial charge on any atom is 0.149 e. The lowest BCUT2D eigenvalue weighted by Crippen LogP contribution is -2.53. The number of fused-ring (bicyclic) bond motifs is 5. The highest BCUT2D eigenvalue weighted by Crippen LogP contribution is 2.67. The third kappa shape index (κ3) is 1.91. The number of Topliss-reactive ketones (excluding diaryl/α,β-unsaturated/α-hetero) is 1. The van der Waals surface area contributed by atoms with Crippen LogP contribution in [0.4, 0.5) is 0 Å². The molecular formula is C19H27N3O2. The summed E-state index contributed by atoms with van der Waals surface area (Å²) >= 11 is 0. The highest BCUT2D eigenvalue weighted by molar-refractivity contribution is 5.82. The summed E-state index contributed by atoms with van der Waals surface area (Å²) in [6, 6.07) is 0. The second-order valence-corrected chi connectivity index (χ2v) is 8.98. The predicted octanol–water partition coefficient (Wildman–Crippen LogP) is 4.52. The van der Waals surface area contributed by atoms with Gasteiger partial charge in [-0.05, 0) is 67.2 Å². The van der Waals surface area contributed by atoms with Crippen LogP contribution in [0, 0.1) is 28.6 Å². The summed E-state index contributed by atoms with van der Waals surface area (Å²) in [5.41, 5.74) is 8.88. The second-order valence-electron chi connectivity index (χ2n) is 8.98. The van der Waals surface area contributed by atoms with E-state index in [1.807, 2.05) is 0 Å². The maximum atomic E-state index is 11.9. The number of azide groups is 1. The fourth-order valence-electron chi connectivity index (χ4n) is 6.71. The summed E-state index contributed by atoms with van der Waals surface area (Å²) in [5, 5.41) is 14.8. The molecule has 24 heavy (non-hydrogen) atoms. The molecule has 0 spiro atoms. The van der Waals surface area contributed by atoms with Gasteiger partial charge in [-0.25, -0.2) is 0 Å². The molecule has 6 atom stereocenters. The van der Waals surface area contributed by atoms with Crippen LogP contribution in [0.25, 0.3) is 10.4 Å². The topological polar surface area (TPSA) is 86.1 Å². The number of carbonyl (C=O) groups excluding carboxylic acids is 1. The molecule has 0 aliphatic heterocycles. The molecule has 5 heteroatoms. The summed E-state index contributed by atoms with van der Waals surface area (Å²) < 4.78 is 0. The molecule has 4 aliphatic carbocycles. The number of aliphatic hydroxyl groups is 1. The van der Waals surface area contributed by atoms with Gasteiger partial charge in [-0.3, -0.25) is 4.79 Å². The van der Waals surface area contributed by atoms with Crippen LogP contribution in [0.5, 0.6) is 0 Å². The maximum absolute atomic E-state index is 11.9. The lowest BCUT2D eigenvalue weighted by Gasteiger charge is -2.58. The van der Waals surface area contributed by atoms with Crippen LogP contribution in [-0.2, 0) is 4.79 Å². The number of rotatable bonds is 1. The Morgan fingerprint density at radius 1 is 1.25 bits per heavy atom. The van der Waals surface area contributed by atoms with Gasteiger partial charge in [0.15, 0.2) is 0 Å². The van der Waals surface area contributed by atoms with Crippen LogP contribution < -0.4 is 0 Å². The first-order valence-corrected chi connectivity index (χ1v) is 9.34. The molecule has 0 aromatic heterocycles. The fraction of sp³-hybridized carbons (Fsp3) is 0.842. The number of ketones is 1. The van der Waals surface area contributed by atoms with Gasteiger partial charge in [-0.15, -0.1) is 0 Å². The molecule has 0 heterocycles. The lowest BCUT2D eigenvalue weighted by atomic mass is 9.47. The van der Waals surface area contributed by atoms with Crippen molar-refractivity contribution in [1.82, 2.24) is 0 Å². The molecule has 0 radical (unpaired) electrons. The Kier molecular flexibility index (Phi) is 3.43. The summed E-state index contributed by atoms with van der Waals surface area (Å²) in [4.78, 5) is 14.8. The Morgan fingerprint density at radius 2 is 2.00 bits per heavy atom. The van der Waals surface area contributed by atoms with E-state index in [9.17, 15) is 9.90 Å². The lowest BCUT2D eigenvalue weighted by molar-refractivity contribution is -0.128. The van der Waals surface area contributed by atoms with Crippen LogP contribution in [0.3, 0.4) is 0 Å². The van der Waals surface area contributed by atoms with E-state index < -0.39 is 5.72 Å². The molecule has 4 aliphatic rings. The molecule has 130 valence electrons. The van der Waals surface area contributed by atoms with Crippen molar-refractivity contribution in [2.75, 3.05) is 0 Å². The summed E-state index contributed by atoms with van der Waals surface area (Å²) in [5.74, 6) is 1.92. The van der Waals surface area contributed by atoms with E-state index in [4.69, 9.17) is 5.53 Å². The van der Waals surface area contributed by atoms with Crippen molar-refractivity contribution in [1.29, 1.82) is 0 Å². The van der Waals surface area contributed by atoms with Gasteiger partial charge >= 0.3 is 0 Å². The Balaban J connectivity index is 1.70. The molecule has 1 N–H and O–H groups in total. The normalized spacial score (nSPS) is 50.2. The number of hydrogen-bond acceptors (Lipinski definition) is 3. The standard InChI is InChI=1S/C19H27N3O2/c1-17-8-5-13(23)11-12(17)3-4-14-15(17)6-9-18(2)16(14)7-10-19(18,24)21-22-20/h3,14-16,24H,4-11H2,1-2H3/t14-,15-,16-,17+,18?,19?/m1/s1. The Morgan fingerprint density at radius 3 is 2.75 bits per heavy atom. The van der Waals surface area contributed by atoms with Gasteiger partial charge in [0.25, 0.3) is 0 Å². The Labute approximate surface area is 143 Å². The van der Waals surface area contributed by atoms with E-state index >= 15 is 0 Å². The van der Waals surface area contributed by atoms with Gasteiger partial charge in [0.1, 0.15) is 11.5 Å². The van der Waals surface area contributed by atoms with Crippen LogP contribution in [0.15, 0.2) is 16.8 Å². The van der Waals surface area contributed by atoms with E-state index in [2.05, 4.69) is 29.9 Å². The second kappa shape index (κ2) is 5.09. The summed E-state index contributed by atoms with van der Waals surface area (Å²) in [6.45, 7) is 4.49. The average Bonchev–Trinajstić information content (AvgIpc) is 2.80. The van der Waals surface area contributed by atoms with E-state index in [1.54, 1.807) is 0 Å². The smallest absolute Gasteiger partial charge is 0.149 e. The largest absolute Gasteiger partial charge is 0.383 e. The van der Waals surface area contributed by atoms with E-state index in [0.717, 1.165) is 32.1 Å². The molecule has 2 unspecified atom stereocenters. The third-order valence-corrected chi connectivity index (χ3v) is 8.25. The molecule has 0 aromatic rings. The minimum atomic E-state index is -1.23. The molecule has 4 rings (SSSR count). The first-order valence-electron chi connectivity index (χ1n) is 9.34. The minimum absolute atomic E-state index is 0.150. The van der Waals surface area contributed by atoms with Crippen LogP contribution in [0.2, 0.25) is 0 Å².